The third-order valence-corrected chi connectivity index (χ3v) is 16.2. The number of carbonyl (C=O) groups excluding carboxylic acids is 12. The highest BCUT2D eigenvalue weighted by Crippen LogP contribution is 2.24. The molecule has 26 heteroatoms. The van der Waals surface area contributed by atoms with Crippen LogP contribution in [0.15, 0.2) is 12.2 Å². The molecule has 0 aromatic carbocycles. The van der Waals surface area contributed by atoms with E-state index >= 15 is 9.59 Å². The molecule has 508 valence electrons. The number of carbonyl (C=O) groups is 12. The Kier molecular flexibility index (Phi) is 32.7. The smallest absolute Gasteiger partial charge is 0.302 e. The van der Waals surface area contributed by atoms with E-state index in [4.69, 9.17) is 4.74 Å². The maximum atomic E-state index is 15.2. The summed E-state index contributed by atoms with van der Waals surface area (Å²) in [5, 5.41) is 36.8. The molecule has 26 nitrogen and oxygen atoms in total. The lowest BCUT2D eigenvalue weighted by molar-refractivity contribution is -0.158. The lowest BCUT2D eigenvalue weighted by atomic mass is 9.91. The van der Waals surface area contributed by atoms with Crippen LogP contribution in [0.1, 0.15) is 157 Å². The molecule has 11 amide bonds. The van der Waals surface area contributed by atoms with Crippen LogP contribution in [0.2, 0.25) is 0 Å². The molecular formula is C63H111N11O15. The van der Waals surface area contributed by atoms with Gasteiger partial charge in [-0.25, -0.2) is 0 Å². The first-order chi connectivity index (χ1) is 41.0. The quantitative estimate of drug-likeness (QED) is 0.0853. The molecule has 1 fully saturated rings. The highest BCUT2D eigenvalue weighted by molar-refractivity contribution is 6.00. The van der Waals surface area contributed by atoms with E-state index in [1.54, 1.807) is 53.7 Å². The Balaban J connectivity index is 4.47. The largest absolute Gasteiger partial charge is 0.460 e. The zero-order valence-electron chi connectivity index (χ0n) is 57.6. The Morgan fingerprint density at radius 1 is 0.472 bits per heavy atom. The number of hydrogen-bond acceptors (Lipinski definition) is 15. The minimum atomic E-state index is -1.81. The Labute approximate surface area is 529 Å². The zero-order chi connectivity index (χ0) is 69.1. The second-order valence-electron chi connectivity index (χ2n) is 26.4. The number of nitrogens with one attached hydrogen (secondary N) is 5. The number of ether oxygens (including phenoxy) is 1. The molecule has 0 aromatic heterocycles. The van der Waals surface area contributed by atoms with Crippen LogP contribution in [0.25, 0.3) is 0 Å². The molecule has 1 aliphatic heterocycles. The van der Waals surface area contributed by atoms with Crippen LogP contribution < -0.4 is 26.6 Å². The molecule has 0 saturated carbocycles. The van der Waals surface area contributed by atoms with E-state index < -0.39 is 168 Å². The summed E-state index contributed by atoms with van der Waals surface area (Å²) in [6, 6.07) is -15.7. The lowest BCUT2D eigenvalue weighted by Gasteiger charge is -2.40. The van der Waals surface area contributed by atoms with Crippen molar-refractivity contribution in [3.05, 3.63) is 12.2 Å². The van der Waals surface area contributed by atoms with Gasteiger partial charge in [-0.2, -0.15) is 0 Å². The number of allylic oxidation sites excluding steroid dienone is 2. The van der Waals surface area contributed by atoms with Crippen LogP contribution in [0.4, 0.5) is 0 Å². The van der Waals surface area contributed by atoms with Gasteiger partial charge in [0, 0.05) is 49.2 Å². The monoisotopic (exact) mass is 1260 g/mol. The van der Waals surface area contributed by atoms with Crippen molar-refractivity contribution in [2.75, 3.05) is 42.3 Å². The van der Waals surface area contributed by atoms with Crippen LogP contribution in [0, 0.1) is 35.5 Å². The number of aliphatic hydroxyl groups is 2. The summed E-state index contributed by atoms with van der Waals surface area (Å²) in [7, 11) is 7.80. The van der Waals surface area contributed by atoms with E-state index in [1.165, 1.54) is 81.8 Å². The molecule has 0 radical (unpaired) electrons. The zero-order valence-corrected chi connectivity index (χ0v) is 57.6. The SMILES string of the molecule is C/C=C/C[C@@H](C)[C@@H](O)[C@H]1C(=O)N[C@@H]([C@@H](C)OC(C)=O)C(=O)N(C)[C@H](C)C(=O)N(C)C(C(C)O)C(=O)N[C@@H](CC(C)C)C(=O)N(C)C(CC(C)C)C(=O)N[C@@H](C)C(=O)N[C@H](C)C(=O)N(C)[C@@H](CC(C)C)C(=O)N[C@@H](CC(C)C)C(=O)N(C)[C@@H](C(C)C)C(=O)N1C. The standard InChI is InChI=1S/C63H111N11O15/c1-25-26-27-37(12)52(77)51-57(82)68-48(42(17)89-43(18)76)62(87)69(19)40(15)59(84)73(23)50(41(16)75)56(81)67-44(28-32(2)3)60(85)71(21)46(30-34(6)7)54(79)64-38(13)53(78)65-39(14)58(83)70(20)47(31-35(8)9)55(80)66-45(29-33(4)5)61(86)72(22)49(36(10)11)63(88)74(51)24/h25-26,32-42,44-52,75,77H,27-31H2,1-24H3,(H,64,79)(H,65,78)(H,66,80)(H,67,81)(H,68,82)/b26-25+/t37-,38+,39-,40-,41?,42-,44+,45+,46?,47+,48+,49+,50?,51+,52-/m1/s1. The minimum Gasteiger partial charge on any atom is -0.460 e. The molecule has 1 heterocycles. The first kappa shape index (κ1) is 80.3. The summed E-state index contributed by atoms with van der Waals surface area (Å²) in [5.74, 6) is -12.2. The van der Waals surface area contributed by atoms with Gasteiger partial charge in [-0.15, -0.1) is 0 Å². The second kappa shape index (κ2) is 36.2. The molecule has 0 spiro atoms. The molecular weight excluding hydrogens is 1150 g/mol. The van der Waals surface area contributed by atoms with E-state index in [-0.39, 0.29) is 55.8 Å². The highest BCUT2D eigenvalue weighted by Gasteiger charge is 2.46. The first-order valence-electron chi connectivity index (χ1n) is 31.2. The van der Waals surface area contributed by atoms with Crippen molar-refractivity contribution >= 4 is 70.9 Å². The molecule has 1 saturated heterocycles. The van der Waals surface area contributed by atoms with E-state index in [0.29, 0.717) is 0 Å². The fraction of sp³-hybridized carbons (Fsp3) is 0.778. The fourth-order valence-corrected chi connectivity index (χ4v) is 11.0. The summed E-state index contributed by atoms with van der Waals surface area (Å²) in [5.41, 5.74) is 0. The van der Waals surface area contributed by atoms with Gasteiger partial charge in [-0.1, -0.05) is 88.3 Å². The van der Waals surface area contributed by atoms with E-state index in [0.717, 1.165) is 31.4 Å². The van der Waals surface area contributed by atoms with E-state index in [9.17, 15) is 58.2 Å². The van der Waals surface area contributed by atoms with Crippen LogP contribution in [-0.4, -0.2) is 238 Å². The molecule has 3 unspecified atom stereocenters. The fourth-order valence-electron chi connectivity index (χ4n) is 11.0. The molecule has 1 rings (SSSR count). The van der Waals surface area contributed by atoms with Crippen molar-refractivity contribution in [2.24, 2.45) is 35.5 Å². The van der Waals surface area contributed by atoms with Crippen LogP contribution >= 0.6 is 0 Å². The van der Waals surface area contributed by atoms with Gasteiger partial charge in [-0.05, 0) is 109 Å². The Morgan fingerprint density at radius 3 is 1.31 bits per heavy atom. The number of likely N-dealkylation sites (N-methyl/N-ethyl adjacent to an activating group) is 6. The number of hydrogen-bond donors (Lipinski definition) is 7. The summed E-state index contributed by atoms with van der Waals surface area (Å²) in [4.78, 5) is 180. The first-order valence-corrected chi connectivity index (χ1v) is 31.2. The van der Waals surface area contributed by atoms with Gasteiger partial charge in [0.1, 0.15) is 72.6 Å². The number of nitrogens with zero attached hydrogens (tertiary/aromatic N) is 6. The molecule has 7 N–H and O–H groups in total. The normalized spacial score (nSPS) is 27.5. The van der Waals surface area contributed by atoms with Gasteiger partial charge in [0.15, 0.2) is 0 Å². The minimum absolute atomic E-state index is 0.0256. The summed E-state index contributed by atoms with van der Waals surface area (Å²) in [6.45, 7) is 29.0. The van der Waals surface area contributed by atoms with Crippen molar-refractivity contribution in [1.29, 1.82) is 0 Å². The Hall–Kier alpha value is -6.70. The summed E-state index contributed by atoms with van der Waals surface area (Å²) >= 11 is 0. The molecule has 15 atom stereocenters. The van der Waals surface area contributed by atoms with Gasteiger partial charge >= 0.3 is 5.97 Å². The average molecular weight is 1260 g/mol. The van der Waals surface area contributed by atoms with Gasteiger partial charge < -0.3 is 70.9 Å². The maximum absolute atomic E-state index is 15.2. The molecule has 1 aliphatic rings. The molecule has 89 heavy (non-hydrogen) atoms. The van der Waals surface area contributed by atoms with Crippen molar-refractivity contribution in [3.63, 3.8) is 0 Å². The maximum Gasteiger partial charge on any atom is 0.302 e. The predicted octanol–water partition coefficient (Wildman–Crippen LogP) is 1.58. The number of amides is 11. The highest BCUT2D eigenvalue weighted by atomic mass is 16.5. The Morgan fingerprint density at radius 2 is 0.876 bits per heavy atom. The third-order valence-electron chi connectivity index (χ3n) is 16.2. The summed E-state index contributed by atoms with van der Waals surface area (Å²) in [6.07, 6.45) is -0.716. The predicted molar refractivity (Wildman–Crippen MR) is 336 cm³/mol. The van der Waals surface area contributed by atoms with Gasteiger partial charge in [-0.3, -0.25) is 57.5 Å². The van der Waals surface area contributed by atoms with Crippen LogP contribution in [-0.2, 0) is 62.3 Å². The average Bonchev–Trinajstić information content (AvgIpc) is 1.23. The Bertz CT molecular complexity index is 2490. The van der Waals surface area contributed by atoms with Crippen LogP contribution in [0.5, 0.6) is 0 Å². The summed E-state index contributed by atoms with van der Waals surface area (Å²) < 4.78 is 5.47. The van der Waals surface area contributed by atoms with E-state index in [1.807, 2.05) is 41.5 Å². The van der Waals surface area contributed by atoms with Crippen LogP contribution in [0.3, 0.4) is 0 Å². The second-order valence-corrected chi connectivity index (χ2v) is 26.4. The lowest BCUT2D eigenvalue weighted by Crippen LogP contribution is -2.65. The molecule has 0 bridgehead atoms. The number of aliphatic hydroxyl groups excluding tert-OH is 2. The van der Waals surface area contributed by atoms with Crippen molar-refractivity contribution in [1.82, 2.24) is 56.0 Å². The van der Waals surface area contributed by atoms with Crippen molar-refractivity contribution < 1.29 is 72.5 Å². The van der Waals surface area contributed by atoms with Gasteiger partial charge in [0.2, 0.25) is 65.0 Å². The van der Waals surface area contributed by atoms with Crippen molar-refractivity contribution in [2.45, 2.75) is 242 Å². The number of esters is 1. The van der Waals surface area contributed by atoms with Gasteiger partial charge in [0.05, 0.1) is 12.2 Å². The molecule has 0 aromatic rings. The van der Waals surface area contributed by atoms with Gasteiger partial charge in [0.25, 0.3) is 0 Å². The van der Waals surface area contributed by atoms with Crippen molar-refractivity contribution in [3.8, 4) is 0 Å². The molecule has 0 aliphatic carbocycles. The topological polar surface area (TPSA) is 334 Å². The van der Waals surface area contributed by atoms with E-state index in [2.05, 4.69) is 26.6 Å². The third kappa shape index (κ3) is 22.9. The number of rotatable bonds is 16.